The van der Waals surface area contributed by atoms with E-state index in [-0.39, 0.29) is 0 Å². The van der Waals surface area contributed by atoms with Gasteiger partial charge in [-0.1, -0.05) is 12.8 Å². The minimum absolute atomic E-state index is 0.494. The minimum Gasteiger partial charge on any atom is -0.328 e. The molecular weight excluding hydrogens is 98.1 g/mol. The Labute approximate surface area is 51.3 Å². The Balaban J connectivity index is 2.17. The first-order valence-corrected chi connectivity index (χ1v) is 3.47. The predicted octanol–water partition coefficient (Wildman–Crippen LogP) is 1.48. The SMILES string of the molecule is NC1CC[CH]CCC1. The fourth-order valence-electron chi connectivity index (χ4n) is 1.14. The second kappa shape index (κ2) is 3.08. The summed E-state index contributed by atoms with van der Waals surface area (Å²) in [5, 5.41) is 0. The van der Waals surface area contributed by atoms with Crippen LogP contribution in [-0.4, -0.2) is 6.04 Å². The quantitative estimate of drug-likeness (QED) is 0.472. The zero-order valence-corrected chi connectivity index (χ0v) is 5.27. The van der Waals surface area contributed by atoms with E-state index in [9.17, 15) is 0 Å². The molecule has 0 bridgehead atoms. The maximum Gasteiger partial charge on any atom is 0.00389 e. The standard InChI is InChI=1S/C7H14N/c8-7-5-3-1-2-4-6-7/h1,7H,2-6,8H2. The van der Waals surface area contributed by atoms with E-state index >= 15 is 0 Å². The molecule has 1 unspecified atom stereocenters. The topological polar surface area (TPSA) is 26.0 Å². The molecule has 0 aromatic carbocycles. The van der Waals surface area contributed by atoms with Crippen molar-refractivity contribution in [1.29, 1.82) is 0 Å². The first-order valence-electron chi connectivity index (χ1n) is 3.47. The highest BCUT2D eigenvalue weighted by Crippen LogP contribution is 2.14. The van der Waals surface area contributed by atoms with Gasteiger partial charge in [0, 0.05) is 6.04 Å². The van der Waals surface area contributed by atoms with Crippen molar-refractivity contribution in [3.05, 3.63) is 6.42 Å². The molecule has 1 nitrogen and oxygen atoms in total. The molecular formula is C7H14N. The van der Waals surface area contributed by atoms with E-state index < -0.39 is 0 Å². The van der Waals surface area contributed by atoms with Gasteiger partial charge in [0.1, 0.15) is 0 Å². The summed E-state index contributed by atoms with van der Waals surface area (Å²) in [5.41, 5.74) is 5.71. The van der Waals surface area contributed by atoms with E-state index in [1.165, 1.54) is 32.1 Å². The summed E-state index contributed by atoms with van der Waals surface area (Å²) in [6.07, 6.45) is 8.62. The van der Waals surface area contributed by atoms with E-state index in [0.29, 0.717) is 6.04 Å². The summed E-state index contributed by atoms with van der Waals surface area (Å²) >= 11 is 0. The molecule has 1 rings (SSSR count). The van der Waals surface area contributed by atoms with Gasteiger partial charge in [0.15, 0.2) is 0 Å². The van der Waals surface area contributed by atoms with Crippen LogP contribution in [0.4, 0.5) is 0 Å². The lowest BCUT2D eigenvalue weighted by Crippen LogP contribution is -2.17. The molecule has 8 heavy (non-hydrogen) atoms. The first kappa shape index (κ1) is 6.09. The molecule has 1 saturated carbocycles. The molecule has 1 aliphatic carbocycles. The Bertz CT molecular complexity index is 53.4. The number of hydrogen-bond acceptors (Lipinski definition) is 1. The lowest BCUT2D eigenvalue weighted by Gasteiger charge is -2.03. The van der Waals surface area contributed by atoms with Crippen LogP contribution in [0.25, 0.3) is 0 Å². The van der Waals surface area contributed by atoms with Gasteiger partial charge in [-0.2, -0.15) is 0 Å². The Morgan fingerprint density at radius 1 is 1.25 bits per heavy atom. The fraction of sp³-hybridized carbons (Fsp3) is 0.857. The van der Waals surface area contributed by atoms with Gasteiger partial charge in [0.25, 0.3) is 0 Å². The zero-order valence-electron chi connectivity index (χ0n) is 5.27. The van der Waals surface area contributed by atoms with Gasteiger partial charge in [-0.15, -0.1) is 0 Å². The van der Waals surface area contributed by atoms with Crippen LogP contribution in [0, 0.1) is 6.42 Å². The number of rotatable bonds is 0. The molecule has 0 amide bonds. The Kier molecular flexibility index (Phi) is 2.34. The lowest BCUT2D eigenvalue weighted by atomic mass is 10.1. The van der Waals surface area contributed by atoms with Gasteiger partial charge in [0.2, 0.25) is 0 Å². The van der Waals surface area contributed by atoms with Gasteiger partial charge in [-0.3, -0.25) is 0 Å². The predicted molar refractivity (Wildman–Crippen MR) is 35.4 cm³/mol. The third kappa shape index (κ3) is 1.83. The van der Waals surface area contributed by atoms with Gasteiger partial charge < -0.3 is 5.73 Å². The molecule has 1 fully saturated rings. The van der Waals surface area contributed by atoms with Crippen molar-refractivity contribution in [3.8, 4) is 0 Å². The lowest BCUT2D eigenvalue weighted by molar-refractivity contribution is 0.585. The van der Waals surface area contributed by atoms with Crippen LogP contribution in [0.3, 0.4) is 0 Å². The average molecular weight is 112 g/mol. The van der Waals surface area contributed by atoms with Gasteiger partial charge in [-0.25, -0.2) is 0 Å². The maximum absolute atomic E-state index is 5.71. The average Bonchev–Trinajstić information content (AvgIpc) is 1.94. The van der Waals surface area contributed by atoms with Crippen LogP contribution in [0.2, 0.25) is 0 Å². The molecule has 47 valence electrons. The zero-order chi connectivity index (χ0) is 5.82. The van der Waals surface area contributed by atoms with E-state index in [4.69, 9.17) is 5.73 Å². The summed E-state index contributed by atoms with van der Waals surface area (Å²) in [6.45, 7) is 0. The van der Waals surface area contributed by atoms with Crippen molar-refractivity contribution in [2.75, 3.05) is 0 Å². The number of hydrogen-bond donors (Lipinski definition) is 1. The third-order valence-electron chi connectivity index (χ3n) is 1.72. The number of nitrogens with two attached hydrogens (primary N) is 1. The molecule has 0 aromatic heterocycles. The van der Waals surface area contributed by atoms with Crippen LogP contribution in [0.1, 0.15) is 32.1 Å². The molecule has 1 radical (unpaired) electrons. The van der Waals surface area contributed by atoms with Crippen molar-refractivity contribution >= 4 is 0 Å². The minimum atomic E-state index is 0.494. The molecule has 2 N–H and O–H groups in total. The third-order valence-corrected chi connectivity index (χ3v) is 1.72. The highest BCUT2D eigenvalue weighted by Gasteiger charge is 2.05. The van der Waals surface area contributed by atoms with Crippen LogP contribution < -0.4 is 5.73 Å². The molecule has 0 saturated heterocycles. The summed E-state index contributed by atoms with van der Waals surface area (Å²) < 4.78 is 0. The van der Waals surface area contributed by atoms with Crippen LogP contribution in [-0.2, 0) is 0 Å². The molecule has 0 aliphatic heterocycles. The molecule has 0 aromatic rings. The molecule has 1 aliphatic rings. The molecule has 0 spiro atoms. The van der Waals surface area contributed by atoms with Crippen LogP contribution in [0.5, 0.6) is 0 Å². The largest absolute Gasteiger partial charge is 0.328 e. The smallest absolute Gasteiger partial charge is 0.00389 e. The fourth-order valence-corrected chi connectivity index (χ4v) is 1.14. The van der Waals surface area contributed by atoms with Crippen molar-refractivity contribution < 1.29 is 0 Å². The summed E-state index contributed by atoms with van der Waals surface area (Å²) in [6, 6.07) is 0.494. The van der Waals surface area contributed by atoms with Crippen molar-refractivity contribution in [2.45, 2.75) is 38.1 Å². The summed E-state index contributed by atoms with van der Waals surface area (Å²) in [4.78, 5) is 0. The Morgan fingerprint density at radius 2 is 2.12 bits per heavy atom. The molecule has 1 atom stereocenters. The summed E-state index contributed by atoms with van der Waals surface area (Å²) in [5.74, 6) is 0. The van der Waals surface area contributed by atoms with Crippen molar-refractivity contribution in [3.63, 3.8) is 0 Å². The normalized spacial score (nSPS) is 25.1. The van der Waals surface area contributed by atoms with Gasteiger partial charge in [0.05, 0.1) is 0 Å². The highest BCUT2D eigenvalue weighted by atomic mass is 14.6. The summed E-state index contributed by atoms with van der Waals surface area (Å²) in [7, 11) is 0. The maximum atomic E-state index is 5.71. The molecule has 1 heteroatoms. The molecule has 0 heterocycles. The highest BCUT2D eigenvalue weighted by molar-refractivity contribution is 4.75. The monoisotopic (exact) mass is 112 g/mol. The van der Waals surface area contributed by atoms with Crippen LogP contribution in [0.15, 0.2) is 0 Å². The Morgan fingerprint density at radius 3 is 3.00 bits per heavy atom. The van der Waals surface area contributed by atoms with E-state index in [1.807, 2.05) is 0 Å². The van der Waals surface area contributed by atoms with E-state index in [0.717, 1.165) is 0 Å². The van der Waals surface area contributed by atoms with Gasteiger partial charge in [-0.05, 0) is 25.7 Å². The second-order valence-electron chi connectivity index (χ2n) is 2.56. The first-order chi connectivity index (χ1) is 3.89. The van der Waals surface area contributed by atoms with Gasteiger partial charge >= 0.3 is 0 Å². The second-order valence-corrected chi connectivity index (χ2v) is 2.56. The Hall–Kier alpha value is -0.0400. The van der Waals surface area contributed by atoms with E-state index in [1.54, 1.807) is 0 Å². The van der Waals surface area contributed by atoms with Crippen molar-refractivity contribution in [2.24, 2.45) is 5.73 Å². The van der Waals surface area contributed by atoms with Crippen LogP contribution >= 0.6 is 0 Å². The van der Waals surface area contributed by atoms with Crippen molar-refractivity contribution in [1.82, 2.24) is 0 Å². The van der Waals surface area contributed by atoms with E-state index in [2.05, 4.69) is 6.42 Å².